The van der Waals surface area contributed by atoms with Crippen molar-refractivity contribution >= 4 is 11.9 Å². The molecule has 0 N–H and O–H groups in total. The highest BCUT2D eigenvalue weighted by atomic mass is 16.2. The highest BCUT2D eigenvalue weighted by Gasteiger charge is 2.42. The Balaban J connectivity index is 1.43. The topological polar surface area (TPSA) is 62.2 Å². The van der Waals surface area contributed by atoms with Gasteiger partial charge in [-0.05, 0) is 18.2 Å². The maximum atomic E-state index is 12.5. The number of amides is 1. The molecule has 0 radical (unpaired) electrons. The van der Waals surface area contributed by atoms with Crippen LogP contribution >= 0.6 is 0 Å². The van der Waals surface area contributed by atoms with Crippen LogP contribution in [0, 0.1) is 11.8 Å². The number of anilines is 1. The minimum atomic E-state index is 0.110. The average Bonchev–Trinajstić information content (AvgIpc) is 3.15. The van der Waals surface area contributed by atoms with Crippen LogP contribution in [0.15, 0.2) is 43.0 Å². The van der Waals surface area contributed by atoms with Crippen molar-refractivity contribution < 1.29 is 4.79 Å². The van der Waals surface area contributed by atoms with Crippen molar-refractivity contribution in [2.75, 3.05) is 31.1 Å². The number of hydrogen-bond donors (Lipinski definition) is 0. The van der Waals surface area contributed by atoms with Gasteiger partial charge in [-0.1, -0.05) is 0 Å². The molecule has 4 rings (SSSR count). The molecular formula is C16H17N5O. The first-order chi connectivity index (χ1) is 10.8. The van der Waals surface area contributed by atoms with Gasteiger partial charge in [-0.15, -0.1) is 0 Å². The molecule has 112 valence electrons. The number of likely N-dealkylation sites (tertiary alicyclic amines) is 1. The molecule has 4 heterocycles. The number of rotatable bonds is 2. The van der Waals surface area contributed by atoms with Gasteiger partial charge in [0.1, 0.15) is 0 Å². The van der Waals surface area contributed by atoms with Gasteiger partial charge in [-0.25, -0.2) is 9.97 Å². The number of carbonyl (C=O) groups is 1. The molecule has 1 amide bonds. The third-order valence-corrected chi connectivity index (χ3v) is 4.54. The SMILES string of the molecule is O=C(c1ccncc1)N1C[C@@H]2CN(c3ncccn3)C[C@@H]2C1. The summed E-state index contributed by atoms with van der Waals surface area (Å²) < 4.78 is 0. The molecule has 0 spiro atoms. The van der Waals surface area contributed by atoms with Crippen molar-refractivity contribution in [2.24, 2.45) is 11.8 Å². The number of aromatic nitrogens is 3. The van der Waals surface area contributed by atoms with E-state index in [1.807, 2.05) is 11.0 Å². The second-order valence-corrected chi connectivity index (χ2v) is 5.92. The average molecular weight is 295 g/mol. The molecule has 6 heteroatoms. The first-order valence-corrected chi connectivity index (χ1v) is 7.52. The summed E-state index contributed by atoms with van der Waals surface area (Å²) in [5.41, 5.74) is 0.721. The summed E-state index contributed by atoms with van der Waals surface area (Å²) in [6.45, 7) is 3.48. The fourth-order valence-corrected chi connectivity index (χ4v) is 3.45. The van der Waals surface area contributed by atoms with E-state index in [0.29, 0.717) is 11.8 Å². The molecule has 2 aliphatic heterocycles. The Labute approximate surface area is 128 Å². The number of fused-ring (bicyclic) bond motifs is 1. The highest BCUT2D eigenvalue weighted by Crippen LogP contribution is 2.33. The third-order valence-electron chi connectivity index (χ3n) is 4.54. The van der Waals surface area contributed by atoms with Gasteiger partial charge < -0.3 is 9.80 Å². The summed E-state index contributed by atoms with van der Waals surface area (Å²) in [6.07, 6.45) is 6.88. The van der Waals surface area contributed by atoms with E-state index in [1.54, 1.807) is 36.9 Å². The molecule has 2 saturated heterocycles. The van der Waals surface area contributed by atoms with E-state index < -0.39 is 0 Å². The molecule has 2 aliphatic rings. The standard InChI is InChI=1S/C16H17N5O/c22-15(12-2-6-17-7-3-12)20-8-13-10-21(11-14(13)9-20)16-18-4-1-5-19-16/h1-7,13-14H,8-11H2/t13-,14+. The largest absolute Gasteiger partial charge is 0.340 e. The molecule has 0 saturated carbocycles. The molecule has 2 aromatic rings. The second-order valence-electron chi connectivity index (χ2n) is 5.92. The zero-order valence-corrected chi connectivity index (χ0v) is 12.2. The van der Waals surface area contributed by atoms with Gasteiger partial charge in [0.15, 0.2) is 0 Å². The fourth-order valence-electron chi connectivity index (χ4n) is 3.45. The molecule has 0 unspecified atom stereocenters. The number of carbonyl (C=O) groups excluding carboxylic acids is 1. The lowest BCUT2D eigenvalue weighted by molar-refractivity contribution is 0.0782. The van der Waals surface area contributed by atoms with Crippen molar-refractivity contribution in [2.45, 2.75) is 0 Å². The molecule has 0 bridgehead atoms. The van der Waals surface area contributed by atoms with E-state index in [-0.39, 0.29) is 5.91 Å². The van der Waals surface area contributed by atoms with Crippen LogP contribution in [-0.2, 0) is 0 Å². The third kappa shape index (κ3) is 2.30. The van der Waals surface area contributed by atoms with Gasteiger partial charge in [-0.2, -0.15) is 0 Å². The van der Waals surface area contributed by atoms with E-state index in [0.717, 1.165) is 37.7 Å². The van der Waals surface area contributed by atoms with Crippen LogP contribution in [0.25, 0.3) is 0 Å². The zero-order valence-electron chi connectivity index (χ0n) is 12.2. The molecule has 2 fully saturated rings. The highest BCUT2D eigenvalue weighted by molar-refractivity contribution is 5.94. The van der Waals surface area contributed by atoms with Crippen LogP contribution in [0.3, 0.4) is 0 Å². The van der Waals surface area contributed by atoms with E-state index >= 15 is 0 Å². The van der Waals surface area contributed by atoms with Crippen molar-refractivity contribution in [3.05, 3.63) is 48.5 Å². The Hall–Kier alpha value is -2.50. The molecule has 2 aromatic heterocycles. The van der Waals surface area contributed by atoms with E-state index in [9.17, 15) is 4.79 Å². The zero-order chi connectivity index (χ0) is 14.9. The molecule has 2 atom stereocenters. The van der Waals surface area contributed by atoms with Crippen molar-refractivity contribution in [3.63, 3.8) is 0 Å². The predicted molar refractivity (Wildman–Crippen MR) is 81.4 cm³/mol. The van der Waals surface area contributed by atoms with Gasteiger partial charge in [0.05, 0.1) is 0 Å². The van der Waals surface area contributed by atoms with Crippen LogP contribution in [0.4, 0.5) is 5.95 Å². The lowest BCUT2D eigenvalue weighted by Gasteiger charge is -2.21. The Morgan fingerprint density at radius 1 is 0.955 bits per heavy atom. The van der Waals surface area contributed by atoms with Gasteiger partial charge in [-0.3, -0.25) is 9.78 Å². The summed E-state index contributed by atoms with van der Waals surface area (Å²) >= 11 is 0. The summed E-state index contributed by atoms with van der Waals surface area (Å²) in [5.74, 6) is 1.92. The molecule has 6 nitrogen and oxygen atoms in total. The first kappa shape index (κ1) is 13.2. The molecular weight excluding hydrogens is 278 g/mol. The molecule has 0 aromatic carbocycles. The monoisotopic (exact) mass is 295 g/mol. The second kappa shape index (κ2) is 5.36. The van der Waals surface area contributed by atoms with Crippen LogP contribution in [0.2, 0.25) is 0 Å². The minimum Gasteiger partial charge on any atom is -0.340 e. The lowest BCUT2D eigenvalue weighted by atomic mass is 10.0. The Morgan fingerprint density at radius 3 is 2.23 bits per heavy atom. The van der Waals surface area contributed by atoms with E-state index in [1.165, 1.54) is 0 Å². The Kier molecular flexibility index (Phi) is 3.21. The number of pyridine rings is 1. The van der Waals surface area contributed by atoms with Crippen LogP contribution in [-0.4, -0.2) is 51.9 Å². The quantitative estimate of drug-likeness (QED) is 0.829. The van der Waals surface area contributed by atoms with Gasteiger partial charge >= 0.3 is 0 Å². The Bertz CT molecular complexity index is 649. The molecule has 0 aliphatic carbocycles. The summed E-state index contributed by atoms with van der Waals surface area (Å²) in [5, 5.41) is 0. The number of nitrogens with zero attached hydrogens (tertiary/aromatic N) is 5. The maximum absolute atomic E-state index is 12.5. The van der Waals surface area contributed by atoms with Gasteiger partial charge in [0.2, 0.25) is 5.95 Å². The molecule has 22 heavy (non-hydrogen) atoms. The van der Waals surface area contributed by atoms with Crippen molar-refractivity contribution in [1.29, 1.82) is 0 Å². The lowest BCUT2D eigenvalue weighted by Crippen LogP contribution is -2.33. The first-order valence-electron chi connectivity index (χ1n) is 7.52. The maximum Gasteiger partial charge on any atom is 0.253 e. The van der Waals surface area contributed by atoms with E-state index in [2.05, 4.69) is 19.9 Å². The van der Waals surface area contributed by atoms with Gasteiger partial charge in [0, 0.05) is 68.4 Å². The summed E-state index contributed by atoms with van der Waals surface area (Å²) in [4.78, 5) is 29.3. The van der Waals surface area contributed by atoms with Crippen LogP contribution < -0.4 is 4.90 Å². The smallest absolute Gasteiger partial charge is 0.253 e. The van der Waals surface area contributed by atoms with Gasteiger partial charge in [0.25, 0.3) is 5.91 Å². The number of hydrogen-bond acceptors (Lipinski definition) is 5. The summed E-state index contributed by atoms with van der Waals surface area (Å²) in [7, 11) is 0. The van der Waals surface area contributed by atoms with Crippen molar-refractivity contribution in [1.82, 2.24) is 19.9 Å². The minimum absolute atomic E-state index is 0.110. The Morgan fingerprint density at radius 2 is 1.59 bits per heavy atom. The predicted octanol–water partition coefficient (Wildman–Crippen LogP) is 1.08. The van der Waals surface area contributed by atoms with Crippen LogP contribution in [0.1, 0.15) is 10.4 Å². The normalized spacial score (nSPS) is 23.6. The van der Waals surface area contributed by atoms with Crippen LogP contribution in [0.5, 0.6) is 0 Å². The fraction of sp³-hybridized carbons (Fsp3) is 0.375. The van der Waals surface area contributed by atoms with Crippen molar-refractivity contribution in [3.8, 4) is 0 Å². The van der Waals surface area contributed by atoms with E-state index in [4.69, 9.17) is 0 Å². The summed E-state index contributed by atoms with van der Waals surface area (Å²) in [6, 6.07) is 5.39.